The lowest BCUT2D eigenvalue weighted by molar-refractivity contribution is 0.0697. The van der Waals surface area contributed by atoms with Crippen molar-refractivity contribution in [1.29, 1.82) is 0 Å². The number of carboxylic acid groups (broad SMARTS) is 1. The maximum atomic E-state index is 11.4. The number of aryl methyl sites for hydroxylation is 1. The molecule has 1 aromatic heterocycles. The number of nitrogens with zero attached hydrogens (tertiary/aromatic N) is 2. The number of aromatic carboxylic acids is 1. The number of carboxylic acids is 1. The van der Waals surface area contributed by atoms with E-state index in [2.05, 4.69) is 68.8 Å². The van der Waals surface area contributed by atoms with Gasteiger partial charge in [0.15, 0.2) is 0 Å². The number of hydrogen-bond acceptors (Lipinski definition) is 2. The van der Waals surface area contributed by atoms with Crippen LogP contribution in [0, 0.1) is 0 Å². The minimum absolute atomic E-state index is 0.136. The van der Waals surface area contributed by atoms with Gasteiger partial charge in [0.1, 0.15) is 0 Å². The second-order valence-electron chi connectivity index (χ2n) is 12.0. The van der Waals surface area contributed by atoms with Crippen molar-refractivity contribution in [2.75, 3.05) is 0 Å². The Balaban J connectivity index is 1.56. The monoisotopic (exact) mass is 490 g/mol. The minimum Gasteiger partial charge on any atom is -0.478 e. The summed E-state index contributed by atoms with van der Waals surface area (Å²) < 4.78 is 2.18. The normalized spacial score (nSPS) is 17.0. The predicted octanol–water partition coefficient (Wildman–Crippen LogP) is 7.41. The molecular weight excluding hydrogens is 456 g/mol. The molecule has 2 aliphatic rings. The SMILES string of the molecule is CC1(C)CCC(C)(C)c2cc3c(cc21)CCc1c(-c2ccc(C(=O)O)cc2)nn(Cc2ccccc2)c1-3. The fraction of sp³-hybridized carbons (Fsp3) is 0.333. The van der Waals surface area contributed by atoms with Crippen LogP contribution in [0.25, 0.3) is 22.5 Å². The Morgan fingerprint density at radius 1 is 0.892 bits per heavy atom. The Labute approximate surface area is 219 Å². The third kappa shape index (κ3) is 3.99. The van der Waals surface area contributed by atoms with Crippen LogP contribution in [0.1, 0.15) is 78.7 Å². The lowest BCUT2D eigenvalue weighted by atomic mass is 9.62. The highest BCUT2D eigenvalue weighted by molar-refractivity contribution is 5.88. The quantitative estimate of drug-likeness (QED) is 0.324. The van der Waals surface area contributed by atoms with Crippen LogP contribution in [-0.2, 0) is 30.2 Å². The third-order valence-electron chi connectivity index (χ3n) is 8.61. The first kappa shape index (κ1) is 23.7. The Morgan fingerprint density at radius 2 is 1.54 bits per heavy atom. The zero-order chi connectivity index (χ0) is 25.9. The Hall–Kier alpha value is -3.66. The van der Waals surface area contributed by atoms with E-state index in [1.54, 1.807) is 12.1 Å². The summed E-state index contributed by atoms with van der Waals surface area (Å²) in [5.74, 6) is -0.910. The van der Waals surface area contributed by atoms with Gasteiger partial charge >= 0.3 is 5.97 Å². The maximum Gasteiger partial charge on any atom is 0.335 e. The van der Waals surface area contributed by atoms with Gasteiger partial charge in [-0.3, -0.25) is 4.68 Å². The topological polar surface area (TPSA) is 55.1 Å². The van der Waals surface area contributed by atoms with Crippen molar-refractivity contribution in [3.8, 4) is 22.5 Å². The van der Waals surface area contributed by atoms with Crippen molar-refractivity contribution in [3.05, 3.63) is 100 Å². The van der Waals surface area contributed by atoms with E-state index < -0.39 is 5.97 Å². The third-order valence-corrected chi connectivity index (χ3v) is 8.61. The largest absolute Gasteiger partial charge is 0.478 e. The summed E-state index contributed by atoms with van der Waals surface area (Å²) in [4.78, 5) is 11.4. The summed E-state index contributed by atoms with van der Waals surface area (Å²) in [6.07, 6.45) is 4.31. The second-order valence-corrected chi connectivity index (χ2v) is 12.0. The number of carbonyl (C=O) groups is 1. The molecule has 4 heteroatoms. The second kappa shape index (κ2) is 8.44. The summed E-state index contributed by atoms with van der Waals surface area (Å²) in [6, 6.07) is 22.6. The zero-order valence-electron chi connectivity index (χ0n) is 22.1. The number of hydrogen-bond donors (Lipinski definition) is 1. The van der Waals surface area contributed by atoms with Crippen molar-refractivity contribution in [3.63, 3.8) is 0 Å². The molecule has 0 spiro atoms. The van der Waals surface area contributed by atoms with Crippen LogP contribution in [0.5, 0.6) is 0 Å². The van der Waals surface area contributed by atoms with E-state index in [1.807, 2.05) is 18.2 Å². The fourth-order valence-corrected chi connectivity index (χ4v) is 6.26. The standard InChI is InChI=1S/C33H34N2O2/c1-32(2)16-17-33(3,4)28-19-26-24(18-27(28)32)14-15-25-29(22-10-12-23(13-11-22)31(36)37)34-35(30(25)26)20-21-8-6-5-7-9-21/h5-13,18-19H,14-17,20H2,1-4H3,(H,36,37). The van der Waals surface area contributed by atoms with Crippen molar-refractivity contribution >= 4 is 5.97 Å². The molecule has 0 radical (unpaired) electrons. The van der Waals surface area contributed by atoms with Crippen LogP contribution in [-0.4, -0.2) is 20.9 Å². The van der Waals surface area contributed by atoms with E-state index in [-0.39, 0.29) is 10.8 Å². The summed E-state index contributed by atoms with van der Waals surface area (Å²) in [5, 5.41) is 14.5. The predicted molar refractivity (Wildman–Crippen MR) is 148 cm³/mol. The van der Waals surface area contributed by atoms with Crippen molar-refractivity contribution in [1.82, 2.24) is 9.78 Å². The van der Waals surface area contributed by atoms with Crippen LogP contribution in [0.3, 0.4) is 0 Å². The van der Waals surface area contributed by atoms with Gasteiger partial charge in [0.2, 0.25) is 0 Å². The molecule has 0 amide bonds. The van der Waals surface area contributed by atoms with E-state index >= 15 is 0 Å². The molecule has 0 aliphatic heterocycles. The summed E-state index contributed by atoms with van der Waals surface area (Å²) >= 11 is 0. The van der Waals surface area contributed by atoms with Gasteiger partial charge in [0.05, 0.1) is 23.5 Å². The van der Waals surface area contributed by atoms with Gasteiger partial charge in [-0.05, 0) is 77.0 Å². The van der Waals surface area contributed by atoms with Gasteiger partial charge in [-0.2, -0.15) is 5.10 Å². The molecule has 4 nitrogen and oxygen atoms in total. The first-order valence-corrected chi connectivity index (χ1v) is 13.3. The summed E-state index contributed by atoms with van der Waals surface area (Å²) in [7, 11) is 0. The molecule has 0 atom stereocenters. The Morgan fingerprint density at radius 3 is 2.19 bits per heavy atom. The lowest BCUT2D eigenvalue weighted by Crippen LogP contribution is -2.34. The van der Waals surface area contributed by atoms with Gasteiger partial charge in [-0.15, -0.1) is 0 Å². The average molecular weight is 491 g/mol. The number of rotatable bonds is 4. The number of aromatic nitrogens is 2. The lowest BCUT2D eigenvalue weighted by Gasteiger charge is -2.43. The van der Waals surface area contributed by atoms with Crippen molar-refractivity contribution in [2.24, 2.45) is 0 Å². The van der Waals surface area contributed by atoms with Gasteiger partial charge in [-0.25, -0.2) is 4.79 Å². The van der Waals surface area contributed by atoms with Crippen LogP contribution in [0.15, 0.2) is 66.7 Å². The molecule has 3 aromatic carbocycles. The molecule has 1 heterocycles. The highest BCUT2D eigenvalue weighted by Gasteiger charge is 2.39. The van der Waals surface area contributed by atoms with E-state index in [0.717, 1.165) is 24.1 Å². The van der Waals surface area contributed by atoms with Gasteiger partial charge in [0, 0.05) is 16.7 Å². The zero-order valence-corrected chi connectivity index (χ0v) is 22.1. The molecular formula is C33H34N2O2. The van der Waals surface area contributed by atoms with E-state index in [0.29, 0.717) is 12.1 Å². The molecule has 188 valence electrons. The molecule has 0 bridgehead atoms. The smallest absolute Gasteiger partial charge is 0.335 e. The van der Waals surface area contributed by atoms with E-state index in [1.165, 1.54) is 51.9 Å². The minimum atomic E-state index is -0.910. The first-order chi connectivity index (χ1) is 17.6. The molecule has 0 saturated heterocycles. The molecule has 0 unspecified atom stereocenters. The van der Waals surface area contributed by atoms with Crippen molar-refractivity contribution < 1.29 is 9.90 Å². The molecule has 6 rings (SSSR count). The molecule has 0 fully saturated rings. The van der Waals surface area contributed by atoms with E-state index in [9.17, 15) is 9.90 Å². The van der Waals surface area contributed by atoms with Gasteiger partial charge in [0.25, 0.3) is 0 Å². The molecule has 37 heavy (non-hydrogen) atoms. The number of benzene rings is 3. The highest BCUT2D eigenvalue weighted by Crippen LogP contribution is 2.49. The van der Waals surface area contributed by atoms with E-state index in [4.69, 9.17) is 5.10 Å². The van der Waals surface area contributed by atoms with Crippen molar-refractivity contribution in [2.45, 2.75) is 70.8 Å². The maximum absolute atomic E-state index is 11.4. The summed E-state index contributed by atoms with van der Waals surface area (Å²) in [6.45, 7) is 10.2. The average Bonchev–Trinajstić information content (AvgIpc) is 3.25. The summed E-state index contributed by atoms with van der Waals surface area (Å²) in [5.41, 5.74) is 11.9. The van der Waals surface area contributed by atoms with Gasteiger partial charge in [-0.1, -0.05) is 76.2 Å². The Kier molecular flexibility index (Phi) is 5.41. The van der Waals surface area contributed by atoms with Crippen LogP contribution < -0.4 is 0 Å². The molecule has 1 N–H and O–H groups in total. The number of fused-ring (bicyclic) bond motifs is 4. The van der Waals surface area contributed by atoms with Crippen LogP contribution in [0.4, 0.5) is 0 Å². The first-order valence-electron chi connectivity index (χ1n) is 13.3. The highest BCUT2D eigenvalue weighted by atomic mass is 16.4. The molecule has 4 aromatic rings. The van der Waals surface area contributed by atoms with Gasteiger partial charge < -0.3 is 5.11 Å². The van der Waals surface area contributed by atoms with Crippen LogP contribution >= 0.6 is 0 Å². The Bertz CT molecular complexity index is 1510. The molecule has 2 aliphatic carbocycles. The van der Waals surface area contributed by atoms with Crippen LogP contribution in [0.2, 0.25) is 0 Å². The molecule has 0 saturated carbocycles. The fourth-order valence-electron chi connectivity index (χ4n) is 6.26.